The average molecular weight is 228 g/mol. The first-order valence-electron chi connectivity index (χ1n) is 5.09. The van der Waals surface area contributed by atoms with Crippen LogP contribution in [0.1, 0.15) is 26.1 Å². The fourth-order valence-electron chi connectivity index (χ4n) is 0.952. The van der Waals surface area contributed by atoms with E-state index in [0.717, 1.165) is 25.2 Å². The van der Waals surface area contributed by atoms with Gasteiger partial charge in [0.15, 0.2) is 0 Å². The van der Waals surface area contributed by atoms with Crippen molar-refractivity contribution in [3.8, 4) is 0 Å². The largest absolute Gasteiger partial charge is 0.355 e. The van der Waals surface area contributed by atoms with Gasteiger partial charge in [-0.2, -0.15) is 4.37 Å². The van der Waals surface area contributed by atoms with Crippen molar-refractivity contribution < 1.29 is 4.79 Å². The predicted octanol–water partition coefficient (Wildman–Crippen LogP) is 1.04. The van der Waals surface area contributed by atoms with Crippen molar-refractivity contribution in [2.75, 3.05) is 18.4 Å². The van der Waals surface area contributed by atoms with Crippen LogP contribution in [0.15, 0.2) is 0 Å². The van der Waals surface area contributed by atoms with Crippen LogP contribution in [0.3, 0.4) is 0 Å². The van der Waals surface area contributed by atoms with Crippen LogP contribution in [-0.2, 0) is 11.2 Å². The molecule has 0 spiro atoms. The Labute approximate surface area is 93.5 Å². The van der Waals surface area contributed by atoms with Gasteiger partial charge in [0.1, 0.15) is 5.82 Å². The minimum absolute atomic E-state index is 0.00917. The third-order valence-electron chi connectivity index (χ3n) is 1.76. The lowest BCUT2D eigenvalue weighted by molar-refractivity contribution is -0.119. The Morgan fingerprint density at radius 2 is 2.27 bits per heavy atom. The SMILES string of the molecule is CCCNC(=O)CNc1nc(CC)ns1. The van der Waals surface area contributed by atoms with E-state index in [4.69, 9.17) is 0 Å². The van der Waals surface area contributed by atoms with Crippen molar-refractivity contribution in [3.63, 3.8) is 0 Å². The summed E-state index contributed by atoms with van der Waals surface area (Å²) < 4.78 is 4.11. The van der Waals surface area contributed by atoms with E-state index in [9.17, 15) is 4.79 Å². The Hall–Kier alpha value is -1.17. The third-order valence-corrected chi connectivity index (χ3v) is 2.47. The van der Waals surface area contributed by atoms with Gasteiger partial charge in [0.25, 0.3) is 0 Å². The Balaban J connectivity index is 2.27. The Morgan fingerprint density at radius 3 is 2.87 bits per heavy atom. The van der Waals surface area contributed by atoms with Gasteiger partial charge in [-0.05, 0) is 6.42 Å². The van der Waals surface area contributed by atoms with Crippen LogP contribution in [-0.4, -0.2) is 28.4 Å². The molecule has 0 aliphatic rings. The first-order chi connectivity index (χ1) is 7.26. The summed E-state index contributed by atoms with van der Waals surface area (Å²) in [7, 11) is 0. The lowest BCUT2D eigenvalue weighted by Crippen LogP contribution is -2.30. The molecule has 0 aromatic carbocycles. The maximum absolute atomic E-state index is 11.2. The fourth-order valence-corrected chi connectivity index (χ4v) is 1.60. The van der Waals surface area contributed by atoms with Crippen molar-refractivity contribution in [1.82, 2.24) is 14.7 Å². The van der Waals surface area contributed by atoms with Gasteiger partial charge in [0.2, 0.25) is 11.0 Å². The van der Waals surface area contributed by atoms with Crippen molar-refractivity contribution in [2.24, 2.45) is 0 Å². The highest BCUT2D eigenvalue weighted by atomic mass is 32.1. The zero-order chi connectivity index (χ0) is 11.1. The number of anilines is 1. The normalized spacial score (nSPS) is 10.0. The molecule has 2 N–H and O–H groups in total. The van der Waals surface area contributed by atoms with Gasteiger partial charge in [-0.3, -0.25) is 4.79 Å². The molecule has 5 nitrogen and oxygen atoms in total. The predicted molar refractivity (Wildman–Crippen MR) is 61.1 cm³/mol. The molecule has 1 aromatic rings. The Kier molecular flexibility index (Phi) is 5.03. The summed E-state index contributed by atoms with van der Waals surface area (Å²) in [4.78, 5) is 15.4. The number of carbonyl (C=O) groups excluding carboxylic acids is 1. The van der Waals surface area contributed by atoms with Crippen molar-refractivity contribution in [1.29, 1.82) is 0 Å². The second-order valence-electron chi connectivity index (χ2n) is 3.07. The maximum Gasteiger partial charge on any atom is 0.239 e. The quantitative estimate of drug-likeness (QED) is 0.763. The van der Waals surface area contributed by atoms with Crippen LogP contribution < -0.4 is 10.6 Å². The number of hydrogen-bond donors (Lipinski definition) is 2. The molecule has 0 fully saturated rings. The number of aryl methyl sites for hydroxylation is 1. The molecule has 0 aliphatic heterocycles. The lowest BCUT2D eigenvalue weighted by Gasteiger charge is -2.03. The molecule has 1 heterocycles. The van der Waals surface area contributed by atoms with E-state index in [1.54, 1.807) is 0 Å². The highest BCUT2D eigenvalue weighted by Crippen LogP contribution is 2.10. The summed E-state index contributed by atoms with van der Waals surface area (Å²) in [6.45, 7) is 5.00. The molecule has 0 atom stereocenters. The first-order valence-corrected chi connectivity index (χ1v) is 5.86. The summed E-state index contributed by atoms with van der Waals surface area (Å²) in [5, 5.41) is 6.43. The summed E-state index contributed by atoms with van der Waals surface area (Å²) in [6, 6.07) is 0. The van der Waals surface area contributed by atoms with Crippen molar-refractivity contribution in [2.45, 2.75) is 26.7 Å². The monoisotopic (exact) mass is 228 g/mol. The number of nitrogens with one attached hydrogen (secondary N) is 2. The van der Waals surface area contributed by atoms with Crippen molar-refractivity contribution in [3.05, 3.63) is 5.82 Å². The van der Waals surface area contributed by atoms with E-state index in [0.29, 0.717) is 5.13 Å². The number of carbonyl (C=O) groups is 1. The first kappa shape index (κ1) is 11.9. The molecule has 0 saturated carbocycles. The smallest absolute Gasteiger partial charge is 0.239 e. The maximum atomic E-state index is 11.2. The molecule has 0 unspecified atom stereocenters. The topological polar surface area (TPSA) is 66.9 Å². The van der Waals surface area contributed by atoms with Crippen LogP contribution in [0.4, 0.5) is 5.13 Å². The van der Waals surface area contributed by atoms with Crippen LogP contribution in [0, 0.1) is 0 Å². The molecule has 84 valence electrons. The van der Waals surface area contributed by atoms with Crippen molar-refractivity contribution >= 4 is 22.6 Å². The van der Waals surface area contributed by atoms with E-state index < -0.39 is 0 Å². The summed E-state index contributed by atoms with van der Waals surface area (Å²) in [5.74, 6) is 0.807. The van der Waals surface area contributed by atoms with Crippen LogP contribution in [0.5, 0.6) is 0 Å². The molecular formula is C9H16N4OS. The number of aromatic nitrogens is 2. The number of hydrogen-bond acceptors (Lipinski definition) is 5. The molecule has 1 aromatic heterocycles. The van der Waals surface area contributed by atoms with Crippen LogP contribution >= 0.6 is 11.5 Å². The summed E-state index contributed by atoms with van der Waals surface area (Å²) in [5.41, 5.74) is 0. The van der Waals surface area contributed by atoms with Gasteiger partial charge in [0.05, 0.1) is 6.54 Å². The molecule has 15 heavy (non-hydrogen) atoms. The Bertz CT molecular complexity index is 313. The van der Waals surface area contributed by atoms with Gasteiger partial charge in [0, 0.05) is 24.5 Å². The molecule has 0 saturated heterocycles. The van der Waals surface area contributed by atoms with E-state index in [1.165, 1.54) is 11.5 Å². The highest BCUT2D eigenvalue weighted by molar-refractivity contribution is 7.09. The van der Waals surface area contributed by atoms with Gasteiger partial charge >= 0.3 is 0 Å². The molecular weight excluding hydrogens is 212 g/mol. The van der Waals surface area contributed by atoms with E-state index >= 15 is 0 Å². The average Bonchev–Trinajstić information content (AvgIpc) is 2.71. The van der Waals surface area contributed by atoms with Gasteiger partial charge in [-0.1, -0.05) is 13.8 Å². The number of nitrogens with zero attached hydrogens (tertiary/aromatic N) is 2. The van der Waals surface area contributed by atoms with Gasteiger partial charge in [-0.25, -0.2) is 4.98 Å². The molecule has 1 rings (SSSR count). The summed E-state index contributed by atoms with van der Waals surface area (Å²) in [6.07, 6.45) is 1.77. The molecule has 0 aliphatic carbocycles. The zero-order valence-corrected chi connectivity index (χ0v) is 9.86. The minimum Gasteiger partial charge on any atom is -0.355 e. The third kappa shape index (κ3) is 4.24. The number of amides is 1. The number of rotatable bonds is 6. The molecule has 1 amide bonds. The van der Waals surface area contributed by atoms with E-state index in [2.05, 4.69) is 20.0 Å². The highest BCUT2D eigenvalue weighted by Gasteiger charge is 2.03. The summed E-state index contributed by atoms with van der Waals surface area (Å²) >= 11 is 1.29. The minimum atomic E-state index is -0.00917. The molecule has 6 heteroatoms. The standard InChI is InChI=1S/C9H16N4OS/c1-3-5-10-8(14)6-11-9-12-7(4-2)13-15-9/h3-6H2,1-2H3,(H,10,14)(H,11,12,13). The lowest BCUT2D eigenvalue weighted by atomic mass is 10.4. The van der Waals surface area contributed by atoms with E-state index in [1.807, 2.05) is 13.8 Å². The fraction of sp³-hybridized carbons (Fsp3) is 0.667. The molecule has 0 radical (unpaired) electrons. The second kappa shape index (κ2) is 6.34. The molecule has 0 bridgehead atoms. The van der Waals surface area contributed by atoms with Crippen LogP contribution in [0.25, 0.3) is 0 Å². The van der Waals surface area contributed by atoms with Gasteiger partial charge < -0.3 is 10.6 Å². The zero-order valence-electron chi connectivity index (χ0n) is 9.04. The van der Waals surface area contributed by atoms with Crippen LogP contribution in [0.2, 0.25) is 0 Å². The van der Waals surface area contributed by atoms with E-state index in [-0.39, 0.29) is 12.5 Å². The Morgan fingerprint density at radius 1 is 1.47 bits per heavy atom. The second-order valence-corrected chi connectivity index (χ2v) is 3.82. The van der Waals surface area contributed by atoms with Gasteiger partial charge in [-0.15, -0.1) is 0 Å².